The molecule has 0 fully saturated rings. The molecular formula is C64H121NO5. The summed E-state index contributed by atoms with van der Waals surface area (Å²) in [5.41, 5.74) is 6.69. The van der Waals surface area contributed by atoms with E-state index < -0.39 is 12.0 Å². The number of esters is 1. The lowest BCUT2D eigenvalue weighted by Crippen LogP contribution is -2.28. The Balaban J connectivity index is 2.62. The molecule has 6 heteroatoms. The number of nitrogens with two attached hydrogens (primary N) is 1. The zero-order valence-corrected chi connectivity index (χ0v) is 47.6. The quantitative estimate of drug-likeness (QED) is 0.0517. The first-order valence-electron chi connectivity index (χ1n) is 31.5. The summed E-state index contributed by atoms with van der Waals surface area (Å²) in [5, 5.41) is 0. The second kappa shape index (κ2) is 53.3. The summed E-state index contributed by atoms with van der Waals surface area (Å²) in [7, 11) is 0. The van der Waals surface area contributed by atoms with Crippen molar-refractivity contribution < 1.29 is 23.7 Å². The van der Waals surface area contributed by atoms with Gasteiger partial charge in [0.2, 0.25) is 5.75 Å². The molecular weight excluding hydrogens is 863 g/mol. The molecule has 0 spiro atoms. The SMILES string of the molecule is CCCCCCCCCCCCCCCCCCOc1cc(COC(=O)[C@H](C)N)cc(OCCCCCCCCCCCCCCCCCC)c1OCCCCCCCCCCCCCCCCCC. The van der Waals surface area contributed by atoms with Crippen LogP contribution in [0.25, 0.3) is 0 Å². The molecule has 1 aromatic rings. The summed E-state index contributed by atoms with van der Waals surface area (Å²) in [6.45, 7) is 10.6. The van der Waals surface area contributed by atoms with E-state index in [0.29, 0.717) is 37.1 Å². The Bertz CT molecular complexity index is 1160. The van der Waals surface area contributed by atoms with Crippen molar-refractivity contribution in [3.8, 4) is 17.2 Å². The molecule has 0 bridgehead atoms. The van der Waals surface area contributed by atoms with Crippen LogP contribution in [0.2, 0.25) is 0 Å². The van der Waals surface area contributed by atoms with Crippen molar-refractivity contribution in [3.05, 3.63) is 17.7 Å². The molecule has 0 saturated carbocycles. The van der Waals surface area contributed by atoms with Gasteiger partial charge in [-0.15, -0.1) is 0 Å². The van der Waals surface area contributed by atoms with E-state index in [0.717, 1.165) is 24.8 Å². The van der Waals surface area contributed by atoms with Gasteiger partial charge in [0, 0.05) is 0 Å². The van der Waals surface area contributed by atoms with Crippen LogP contribution < -0.4 is 19.9 Å². The van der Waals surface area contributed by atoms with E-state index in [1.807, 2.05) is 12.1 Å². The molecule has 0 aromatic heterocycles. The number of ether oxygens (including phenoxy) is 4. The summed E-state index contributed by atoms with van der Waals surface area (Å²) >= 11 is 0. The smallest absolute Gasteiger partial charge is 0.322 e. The predicted octanol–water partition coefficient (Wildman–Crippen LogP) is 21.0. The zero-order valence-electron chi connectivity index (χ0n) is 47.6. The number of carbonyl (C=O) groups is 1. The molecule has 0 heterocycles. The highest BCUT2D eigenvalue weighted by Crippen LogP contribution is 2.40. The van der Waals surface area contributed by atoms with Crippen molar-refractivity contribution in [2.75, 3.05) is 19.8 Å². The molecule has 0 unspecified atom stereocenters. The fourth-order valence-corrected chi connectivity index (χ4v) is 9.85. The van der Waals surface area contributed by atoms with E-state index in [1.54, 1.807) is 6.92 Å². The maximum atomic E-state index is 12.4. The second-order valence-corrected chi connectivity index (χ2v) is 21.8. The van der Waals surface area contributed by atoms with Gasteiger partial charge in [0.1, 0.15) is 12.6 Å². The van der Waals surface area contributed by atoms with E-state index in [9.17, 15) is 4.79 Å². The fraction of sp³-hybridized carbons (Fsp3) is 0.891. The van der Waals surface area contributed by atoms with Gasteiger partial charge < -0.3 is 24.7 Å². The second-order valence-electron chi connectivity index (χ2n) is 21.8. The van der Waals surface area contributed by atoms with E-state index in [-0.39, 0.29) is 6.61 Å². The van der Waals surface area contributed by atoms with Crippen LogP contribution in [0.1, 0.15) is 341 Å². The highest BCUT2D eigenvalue weighted by Gasteiger charge is 2.18. The van der Waals surface area contributed by atoms with E-state index in [1.165, 1.54) is 289 Å². The highest BCUT2D eigenvalue weighted by molar-refractivity contribution is 5.74. The van der Waals surface area contributed by atoms with E-state index >= 15 is 0 Å². The molecule has 0 aliphatic carbocycles. The Morgan fingerprint density at radius 1 is 0.357 bits per heavy atom. The molecule has 0 saturated heterocycles. The lowest BCUT2D eigenvalue weighted by atomic mass is 10.0. The average molecular weight is 985 g/mol. The standard InChI is InChI=1S/C64H121NO5/c1-5-8-11-14-17-20-23-26-29-32-35-38-41-44-47-50-53-67-61-56-60(58-70-64(66)59(4)65)57-62(68-54-51-48-45-42-39-36-33-30-27-24-21-18-15-12-9-6-2)63(61)69-55-52-49-46-43-40-37-34-31-28-25-22-19-16-13-10-7-3/h56-57,59H,5-55,58,65H2,1-4H3/t59-/m0/s1. The van der Waals surface area contributed by atoms with Crippen molar-refractivity contribution in [2.24, 2.45) is 5.73 Å². The van der Waals surface area contributed by atoms with Crippen molar-refractivity contribution in [1.82, 2.24) is 0 Å². The third-order valence-corrected chi connectivity index (χ3v) is 14.6. The van der Waals surface area contributed by atoms with Gasteiger partial charge in [-0.05, 0) is 43.9 Å². The number of benzene rings is 1. The minimum atomic E-state index is -0.668. The van der Waals surface area contributed by atoms with Crippen LogP contribution in [0.3, 0.4) is 0 Å². The van der Waals surface area contributed by atoms with Gasteiger partial charge in [-0.25, -0.2) is 0 Å². The lowest BCUT2D eigenvalue weighted by Gasteiger charge is -2.19. The largest absolute Gasteiger partial charge is 0.490 e. The van der Waals surface area contributed by atoms with Crippen LogP contribution in [-0.2, 0) is 16.1 Å². The molecule has 0 aliphatic heterocycles. The number of unbranched alkanes of at least 4 members (excludes halogenated alkanes) is 45. The van der Waals surface area contributed by atoms with E-state index in [2.05, 4.69) is 20.8 Å². The number of hydrogen-bond donors (Lipinski definition) is 1. The third kappa shape index (κ3) is 43.6. The Kier molecular flexibility index (Phi) is 50.3. The molecule has 70 heavy (non-hydrogen) atoms. The maximum Gasteiger partial charge on any atom is 0.322 e. The Hall–Kier alpha value is -1.95. The molecule has 0 radical (unpaired) electrons. The maximum absolute atomic E-state index is 12.4. The first-order chi connectivity index (χ1) is 34.5. The van der Waals surface area contributed by atoms with Crippen LogP contribution in [0.4, 0.5) is 0 Å². The first-order valence-corrected chi connectivity index (χ1v) is 31.5. The Labute approximate surface area is 437 Å². The number of rotatable bonds is 57. The van der Waals surface area contributed by atoms with Crippen LogP contribution in [-0.4, -0.2) is 31.8 Å². The number of hydrogen-bond acceptors (Lipinski definition) is 6. The summed E-state index contributed by atoms with van der Waals surface area (Å²) in [4.78, 5) is 12.4. The molecule has 6 nitrogen and oxygen atoms in total. The lowest BCUT2D eigenvalue weighted by molar-refractivity contribution is -0.146. The first kappa shape index (κ1) is 66.1. The van der Waals surface area contributed by atoms with Crippen LogP contribution in [0, 0.1) is 0 Å². The molecule has 1 rings (SSSR count). The molecule has 2 N–H and O–H groups in total. The zero-order chi connectivity index (χ0) is 50.5. The van der Waals surface area contributed by atoms with Gasteiger partial charge in [0.25, 0.3) is 0 Å². The average Bonchev–Trinajstić information content (AvgIpc) is 3.36. The van der Waals surface area contributed by atoms with Crippen molar-refractivity contribution >= 4 is 5.97 Å². The van der Waals surface area contributed by atoms with Crippen LogP contribution in [0.15, 0.2) is 12.1 Å². The van der Waals surface area contributed by atoms with Crippen molar-refractivity contribution in [1.29, 1.82) is 0 Å². The van der Waals surface area contributed by atoms with Crippen molar-refractivity contribution in [3.63, 3.8) is 0 Å². The van der Waals surface area contributed by atoms with Gasteiger partial charge in [0.05, 0.1) is 19.8 Å². The van der Waals surface area contributed by atoms with Gasteiger partial charge in [-0.3, -0.25) is 4.79 Å². The Morgan fingerprint density at radius 2 is 0.571 bits per heavy atom. The third-order valence-electron chi connectivity index (χ3n) is 14.6. The van der Waals surface area contributed by atoms with Crippen LogP contribution in [0.5, 0.6) is 17.2 Å². The van der Waals surface area contributed by atoms with Crippen LogP contribution >= 0.6 is 0 Å². The molecule has 0 amide bonds. The minimum Gasteiger partial charge on any atom is -0.490 e. The van der Waals surface area contributed by atoms with Gasteiger partial charge >= 0.3 is 5.97 Å². The summed E-state index contributed by atoms with van der Waals surface area (Å²) in [5.74, 6) is 1.70. The fourth-order valence-electron chi connectivity index (χ4n) is 9.85. The van der Waals surface area contributed by atoms with Crippen molar-refractivity contribution in [2.45, 2.75) is 349 Å². The number of carbonyl (C=O) groups excluding carboxylic acids is 1. The monoisotopic (exact) mass is 984 g/mol. The molecule has 0 aliphatic rings. The molecule has 1 atom stereocenters. The molecule has 412 valence electrons. The van der Waals surface area contributed by atoms with Gasteiger partial charge in [-0.1, -0.05) is 310 Å². The summed E-state index contributed by atoms with van der Waals surface area (Å²) < 4.78 is 25.3. The minimum absolute atomic E-state index is 0.130. The van der Waals surface area contributed by atoms with Gasteiger partial charge in [-0.2, -0.15) is 0 Å². The molecule has 1 aromatic carbocycles. The van der Waals surface area contributed by atoms with Gasteiger partial charge in [0.15, 0.2) is 11.5 Å². The normalized spacial score (nSPS) is 11.9. The summed E-state index contributed by atoms with van der Waals surface area (Å²) in [6, 6.07) is 3.31. The predicted molar refractivity (Wildman–Crippen MR) is 305 cm³/mol. The van der Waals surface area contributed by atoms with E-state index in [4.69, 9.17) is 24.7 Å². The highest BCUT2D eigenvalue weighted by atomic mass is 16.5. The topological polar surface area (TPSA) is 80.0 Å². The Morgan fingerprint density at radius 3 is 0.800 bits per heavy atom. The summed E-state index contributed by atoms with van der Waals surface area (Å²) in [6.07, 6.45) is 64.7.